The summed E-state index contributed by atoms with van der Waals surface area (Å²) >= 11 is 0. The molecule has 1 aromatic heterocycles. The molecule has 0 saturated carbocycles. The van der Waals surface area contributed by atoms with Crippen molar-refractivity contribution in [1.29, 1.82) is 0 Å². The number of aromatic amines is 1. The van der Waals surface area contributed by atoms with E-state index in [0.29, 0.717) is 13.0 Å². The summed E-state index contributed by atoms with van der Waals surface area (Å²) in [5.41, 5.74) is 3.24. The summed E-state index contributed by atoms with van der Waals surface area (Å²) in [4.78, 5) is 18.3. The third-order valence-corrected chi connectivity index (χ3v) is 5.51. The lowest BCUT2D eigenvalue weighted by molar-refractivity contribution is -0.120. The van der Waals surface area contributed by atoms with Crippen LogP contribution in [-0.2, 0) is 16.0 Å². The molecule has 29 heavy (non-hydrogen) atoms. The average Bonchev–Trinajstić information content (AvgIpc) is 3.18. The molecule has 1 aliphatic heterocycles. The maximum absolute atomic E-state index is 12.7. The summed E-state index contributed by atoms with van der Waals surface area (Å²) in [5.74, 6) is 0.861. The van der Waals surface area contributed by atoms with Crippen molar-refractivity contribution in [2.75, 3.05) is 40.0 Å². The van der Waals surface area contributed by atoms with E-state index in [-0.39, 0.29) is 11.9 Å². The van der Waals surface area contributed by atoms with Crippen LogP contribution >= 0.6 is 0 Å². The minimum absolute atomic E-state index is 0.0292. The van der Waals surface area contributed by atoms with Crippen LogP contribution in [0.5, 0.6) is 5.75 Å². The Morgan fingerprint density at radius 1 is 1.17 bits per heavy atom. The first-order chi connectivity index (χ1) is 14.2. The summed E-state index contributed by atoms with van der Waals surface area (Å²) in [7, 11) is 1.67. The van der Waals surface area contributed by atoms with Crippen molar-refractivity contribution < 1.29 is 14.3 Å². The normalized spacial score (nSPS) is 15.9. The van der Waals surface area contributed by atoms with Gasteiger partial charge in [-0.3, -0.25) is 9.69 Å². The molecular weight excluding hydrogens is 366 g/mol. The average molecular weight is 393 g/mol. The number of rotatable bonds is 7. The summed E-state index contributed by atoms with van der Waals surface area (Å²) < 4.78 is 10.8. The molecule has 2 heterocycles. The molecule has 4 rings (SSSR count). The van der Waals surface area contributed by atoms with Crippen LogP contribution < -0.4 is 10.1 Å². The third-order valence-electron chi connectivity index (χ3n) is 5.51. The van der Waals surface area contributed by atoms with E-state index in [2.05, 4.69) is 27.3 Å². The molecule has 0 radical (unpaired) electrons. The lowest BCUT2D eigenvalue weighted by Crippen LogP contribution is -2.44. The number of hydrogen-bond donors (Lipinski definition) is 2. The standard InChI is InChI=1S/C23H27N3O3/c1-28-19-8-6-17(7-9-19)22(26-10-12-29-13-11-26)16-25-23(27)14-18-15-24-21-5-3-2-4-20(18)21/h2-9,15,22,24H,10-14,16H2,1H3,(H,25,27)/t22-/m1/s1. The summed E-state index contributed by atoms with van der Waals surface area (Å²) in [6, 6.07) is 16.2. The van der Waals surface area contributed by atoms with Gasteiger partial charge in [-0.2, -0.15) is 0 Å². The second-order valence-electron chi connectivity index (χ2n) is 7.28. The highest BCUT2D eigenvalue weighted by Crippen LogP contribution is 2.24. The van der Waals surface area contributed by atoms with Gasteiger partial charge in [0.1, 0.15) is 5.75 Å². The van der Waals surface area contributed by atoms with Gasteiger partial charge in [0.2, 0.25) is 5.91 Å². The second-order valence-corrected chi connectivity index (χ2v) is 7.28. The number of fused-ring (bicyclic) bond motifs is 1. The lowest BCUT2D eigenvalue weighted by atomic mass is 10.0. The van der Waals surface area contributed by atoms with Crippen molar-refractivity contribution in [1.82, 2.24) is 15.2 Å². The number of H-pyrrole nitrogens is 1. The van der Waals surface area contributed by atoms with Gasteiger partial charge in [-0.15, -0.1) is 0 Å². The van der Waals surface area contributed by atoms with Crippen molar-refractivity contribution in [2.24, 2.45) is 0 Å². The Labute approximate surface area is 170 Å². The molecule has 0 spiro atoms. The molecule has 0 unspecified atom stereocenters. The monoisotopic (exact) mass is 393 g/mol. The largest absolute Gasteiger partial charge is 0.497 e. The van der Waals surface area contributed by atoms with Gasteiger partial charge < -0.3 is 19.8 Å². The SMILES string of the molecule is COc1ccc([C@@H](CNC(=O)Cc2c[nH]c3ccccc23)N2CCOCC2)cc1. The van der Waals surface area contributed by atoms with E-state index in [4.69, 9.17) is 9.47 Å². The van der Waals surface area contributed by atoms with Gasteiger partial charge in [0.05, 0.1) is 32.8 Å². The van der Waals surface area contributed by atoms with Gasteiger partial charge in [-0.25, -0.2) is 0 Å². The van der Waals surface area contributed by atoms with Gasteiger partial charge in [-0.1, -0.05) is 30.3 Å². The zero-order valence-electron chi connectivity index (χ0n) is 16.7. The predicted molar refractivity (Wildman–Crippen MR) is 113 cm³/mol. The maximum Gasteiger partial charge on any atom is 0.224 e. The van der Waals surface area contributed by atoms with Crippen molar-refractivity contribution in [3.8, 4) is 5.75 Å². The number of morpholine rings is 1. The summed E-state index contributed by atoms with van der Waals surface area (Å²) in [5, 5.41) is 4.24. The van der Waals surface area contributed by atoms with Crippen LogP contribution in [0.1, 0.15) is 17.2 Å². The van der Waals surface area contributed by atoms with Gasteiger partial charge >= 0.3 is 0 Å². The lowest BCUT2D eigenvalue weighted by Gasteiger charge is -2.35. The molecule has 0 aliphatic carbocycles. The first-order valence-electron chi connectivity index (χ1n) is 10.0. The number of hydrogen-bond acceptors (Lipinski definition) is 4. The zero-order chi connectivity index (χ0) is 20.1. The Balaban J connectivity index is 1.44. The molecule has 6 nitrogen and oxygen atoms in total. The van der Waals surface area contributed by atoms with E-state index in [9.17, 15) is 4.79 Å². The van der Waals surface area contributed by atoms with E-state index >= 15 is 0 Å². The molecule has 1 amide bonds. The highest BCUT2D eigenvalue weighted by atomic mass is 16.5. The molecule has 1 atom stereocenters. The molecule has 1 fully saturated rings. The number of amides is 1. The van der Waals surface area contributed by atoms with Crippen LogP contribution in [0.4, 0.5) is 0 Å². The van der Waals surface area contributed by atoms with Crippen LogP contribution in [-0.4, -0.2) is 55.7 Å². The maximum atomic E-state index is 12.7. The molecule has 3 aromatic rings. The predicted octanol–water partition coefficient (Wildman–Crippen LogP) is 2.91. The van der Waals surface area contributed by atoms with Gasteiger partial charge in [0, 0.05) is 36.7 Å². The highest BCUT2D eigenvalue weighted by molar-refractivity contribution is 5.88. The van der Waals surface area contributed by atoms with Crippen molar-refractivity contribution in [2.45, 2.75) is 12.5 Å². The van der Waals surface area contributed by atoms with E-state index < -0.39 is 0 Å². The molecule has 0 bridgehead atoms. The summed E-state index contributed by atoms with van der Waals surface area (Å²) in [6.07, 6.45) is 2.29. The van der Waals surface area contributed by atoms with Crippen molar-refractivity contribution in [3.05, 3.63) is 65.9 Å². The number of methoxy groups -OCH3 is 1. The Hall–Kier alpha value is -2.83. The molecule has 1 saturated heterocycles. The van der Waals surface area contributed by atoms with Crippen LogP contribution in [0.25, 0.3) is 10.9 Å². The van der Waals surface area contributed by atoms with Crippen LogP contribution in [0.3, 0.4) is 0 Å². The Kier molecular flexibility index (Phi) is 6.12. The number of para-hydroxylation sites is 1. The summed E-state index contributed by atoms with van der Waals surface area (Å²) in [6.45, 7) is 3.71. The van der Waals surface area contributed by atoms with Crippen molar-refractivity contribution in [3.63, 3.8) is 0 Å². The number of carbonyl (C=O) groups is 1. The fourth-order valence-electron chi connectivity index (χ4n) is 3.90. The van der Waals surface area contributed by atoms with E-state index in [1.165, 1.54) is 5.56 Å². The van der Waals surface area contributed by atoms with E-state index in [1.807, 2.05) is 42.6 Å². The number of nitrogens with one attached hydrogen (secondary N) is 2. The first-order valence-corrected chi connectivity index (χ1v) is 10.0. The highest BCUT2D eigenvalue weighted by Gasteiger charge is 2.23. The van der Waals surface area contributed by atoms with Crippen molar-refractivity contribution >= 4 is 16.8 Å². The second kappa shape index (κ2) is 9.11. The zero-order valence-corrected chi connectivity index (χ0v) is 16.7. The Morgan fingerprint density at radius 2 is 1.93 bits per heavy atom. The van der Waals surface area contributed by atoms with Gasteiger partial charge in [-0.05, 0) is 29.3 Å². The van der Waals surface area contributed by atoms with E-state index in [1.54, 1.807) is 7.11 Å². The van der Waals surface area contributed by atoms with Gasteiger partial charge in [0.25, 0.3) is 0 Å². The minimum atomic E-state index is 0.0292. The minimum Gasteiger partial charge on any atom is -0.497 e. The number of aromatic nitrogens is 1. The smallest absolute Gasteiger partial charge is 0.224 e. The number of benzene rings is 2. The fraction of sp³-hybridized carbons (Fsp3) is 0.348. The topological polar surface area (TPSA) is 66.6 Å². The Bertz CT molecular complexity index is 945. The van der Waals surface area contributed by atoms with Gasteiger partial charge in [0.15, 0.2) is 0 Å². The molecule has 6 heteroatoms. The number of nitrogens with zero attached hydrogens (tertiary/aromatic N) is 1. The quantitative estimate of drug-likeness (QED) is 0.648. The molecule has 1 aliphatic rings. The molecule has 152 valence electrons. The molecule has 2 aromatic carbocycles. The Morgan fingerprint density at radius 3 is 2.69 bits per heavy atom. The van der Waals surface area contributed by atoms with Crippen LogP contribution in [0, 0.1) is 0 Å². The number of ether oxygens (including phenoxy) is 2. The molecule has 2 N–H and O–H groups in total. The first kappa shape index (κ1) is 19.5. The third kappa shape index (κ3) is 4.60. The van der Waals surface area contributed by atoms with Crippen LogP contribution in [0.15, 0.2) is 54.7 Å². The van der Waals surface area contributed by atoms with E-state index in [0.717, 1.165) is 48.5 Å². The van der Waals surface area contributed by atoms with Crippen LogP contribution in [0.2, 0.25) is 0 Å². The number of carbonyl (C=O) groups excluding carboxylic acids is 1. The fourth-order valence-corrected chi connectivity index (χ4v) is 3.90. The molecular formula is C23H27N3O3.